The zero-order valence-corrected chi connectivity index (χ0v) is 12.8. The van der Waals surface area contributed by atoms with Gasteiger partial charge in [-0.3, -0.25) is 9.59 Å². The highest BCUT2D eigenvalue weighted by molar-refractivity contribution is 5.78. The van der Waals surface area contributed by atoms with Gasteiger partial charge in [-0.15, -0.1) is 0 Å². The van der Waals surface area contributed by atoms with Crippen molar-refractivity contribution in [2.24, 2.45) is 11.8 Å². The minimum Gasteiger partial charge on any atom is -0.379 e. The SMILES string of the molecule is CC(C)CCC(=O)CCOCCNC(=O)CC(C)C. The third-order valence-electron chi connectivity index (χ3n) is 2.69. The molecule has 19 heavy (non-hydrogen) atoms. The molecule has 0 fully saturated rings. The second-order valence-electron chi connectivity index (χ2n) is 5.78. The average Bonchev–Trinajstić information content (AvgIpc) is 2.30. The summed E-state index contributed by atoms with van der Waals surface area (Å²) < 4.78 is 5.33. The van der Waals surface area contributed by atoms with Gasteiger partial charge in [0.1, 0.15) is 5.78 Å². The van der Waals surface area contributed by atoms with Gasteiger partial charge in [0.05, 0.1) is 13.2 Å². The van der Waals surface area contributed by atoms with E-state index in [0.29, 0.717) is 50.9 Å². The van der Waals surface area contributed by atoms with Crippen molar-refractivity contribution < 1.29 is 14.3 Å². The third kappa shape index (κ3) is 13.3. The molecule has 112 valence electrons. The summed E-state index contributed by atoms with van der Waals surface area (Å²) in [6.07, 6.45) is 2.62. The summed E-state index contributed by atoms with van der Waals surface area (Å²) in [5, 5.41) is 2.79. The van der Waals surface area contributed by atoms with Crippen molar-refractivity contribution in [2.75, 3.05) is 19.8 Å². The van der Waals surface area contributed by atoms with Crippen LogP contribution in [0.25, 0.3) is 0 Å². The molecule has 0 aromatic rings. The third-order valence-corrected chi connectivity index (χ3v) is 2.69. The molecule has 1 N–H and O–H groups in total. The van der Waals surface area contributed by atoms with Gasteiger partial charge < -0.3 is 10.1 Å². The largest absolute Gasteiger partial charge is 0.379 e. The lowest BCUT2D eigenvalue weighted by Gasteiger charge is -2.08. The smallest absolute Gasteiger partial charge is 0.220 e. The molecule has 4 nitrogen and oxygen atoms in total. The van der Waals surface area contributed by atoms with Crippen LogP contribution >= 0.6 is 0 Å². The highest BCUT2D eigenvalue weighted by atomic mass is 16.5. The van der Waals surface area contributed by atoms with Crippen LogP contribution in [0.2, 0.25) is 0 Å². The Morgan fingerprint density at radius 3 is 2.26 bits per heavy atom. The van der Waals surface area contributed by atoms with E-state index in [-0.39, 0.29) is 11.7 Å². The number of amides is 1. The Morgan fingerprint density at radius 2 is 1.68 bits per heavy atom. The molecule has 0 saturated carbocycles. The van der Waals surface area contributed by atoms with Gasteiger partial charge in [-0.25, -0.2) is 0 Å². The summed E-state index contributed by atoms with van der Waals surface area (Å²) in [6, 6.07) is 0. The van der Waals surface area contributed by atoms with Gasteiger partial charge in [0, 0.05) is 25.8 Å². The molecule has 0 aliphatic heterocycles. The molecule has 0 atom stereocenters. The number of hydrogen-bond acceptors (Lipinski definition) is 3. The normalized spacial score (nSPS) is 11.1. The number of carbonyl (C=O) groups is 2. The van der Waals surface area contributed by atoms with Crippen molar-refractivity contribution in [3.63, 3.8) is 0 Å². The average molecular weight is 271 g/mol. The van der Waals surface area contributed by atoms with Crippen LogP contribution in [0.1, 0.15) is 53.4 Å². The number of hydrogen-bond donors (Lipinski definition) is 1. The van der Waals surface area contributed by atoms with Gasteiger partial charge in [0.25, 0.3) is 0 Å². The second kappa shape index (κ2) is 11.0. The van der Waals surface area contributed by atoms with Crippen molar-refractivity contribution >= 4 is 11.7 Å². The Morgan fingerprint density at radius 1 is 1.00 bits per heavy atom. The monoisotopic (exact) mass is 271 g/mol. The number of Topliss-reactive ketones (excluding diaryl/α,β-unsaturated/α-hetero) is 1. The highest BCUT2D eigenvalue weighted by Crippen LogP contribution is 2.05. The predicted octanol–water partition coefficient (Wildman–Crippen LogP) is 2.56. The van der Waals surface area contributed by atoms with Crippen molar-refractivity contribution in [2.45, 2.75) is 53.4 Å². The van der Waals surface area contributed by atoms with Crippen LogP contribution in [0.4, 0.5) is 0 Å². The lowest BCUT2D eigenvalue weighted by atomic mass is 10.0. The Balaban J connectivity index is 3.35. The number of nitrogens with one attached hydrogen (secondary N) is 1. The van der Waals surface area contributed by atoms with Crippen molar-refractivity contribution in [3.05, 3.63) is 0 Å². The van der Waals surface area contributed by atoms with Gasteiger partial charge in [0.2, 0.25) is 5.91 Å². The predicted molar refractivity (Wildman–Crippen MR) is 77.0 cm³/mol. The zero-order chi connectivity index (χ0) is 14.7. The van der Waals surface area contributed by atoms with Crippen LogP contribution in [-0.2, 0) is 14.3 Å². The Hall–Kier alpha value is -0.900. The Kier molecular flexibility index (Phi) is 10.5. The van der Waals surface area contributed by atoms with Gasteiger partial charge in [-0.2, -0.15) is 0 Å². The quantitative estimate of drug-likeness (QED) is 0.588. The number of ketones is 1. The van der Waals surface area contributed by atoms with Crippen LogP contribution in [0.15, 0.2) is 0 Å². The fraction of sp³-hybridized carbons (Fsp3) is 0.867. The molecule has 0 spiro atoms. The molecule has 0 rings (SSSR count). The lowest BCUT2D eigenvalue weighted by Crippen LogP contribution is -2.28. The maximum Gasteiger partial charge on any atom is 0.220 e. The summed E-state index contributed by atoms with van der Waals surface area (Å²) in [7, 11) is 0. The molecule has 0 bridgehead atoms. The van der Waals surface area contributed by atoms with E-state index in [1.807, 2.05) is 13.8 Å². The first-order valence-corrected chi connectivity index (χ1v) is 7.28. The van der Waals surface area contributed by atoms with Crippen molar-refractivity contribution in [3.8, 4) is 0 Å². The molecule has 0 aliphatic carbocycles. The molecule has 0 radical (unpaired) electrons. The molecule has 4 heteroatoms. The highest BCUT2D eigenvalue weighted by Gasteiger charge is 2.05. The fourth-order valence-corrected chi connectivity index (χ4v) is 1.57. The zero-order valence-electron chi connectivity index (χ0n) is 12.8. The molecular weight excluding hydrogens is 242 g/mol. The summed E-state index contributed by atoms with van der Waals surface area (Å²) in [4.78, 5) is 22.8. The Bertz CT molecular complexity index is 262. The van der Waals surface area contributed by atoms with E-state index in [2.05, 4.69) is 19.2 Å². The molecule has 0 unspecified atom stereocenters. The van der Waals surface area contributed by atoms with Gasteiger partial charge in [-0.05, 0) is 18.3 Å². The van der Waals surface area contributed by atoms with E-state index < -0.39 is 0 Å². The molecule has 0 aliphatic rings. The van der Waals surface area contributed by atoms with Gasteiger partial charge in [0.15, 0.2) is 0 Å². The van der Waals surface area contributed by atoms with E-state index in [0.717, 1.165) is 6.42 Å². The standard InChI is InChI=1S/C15H29NO3/c1-12(2)5-6-14(17)7-9-19-10-8-16-15(18)11-13(3)4/h12-13H,5-11H2,1-4H3,(H,16,18). The molecule has 0 aromatic carbocycles. The summed E-state index contributed by atoms with van der Waals surface area (Å²) in [6.45, 7) is 9.70. The first-order chi connectivity index (χ1) is 8.91. The first kappa shape index (κ1) is 18.1. The minimum absolute atomic E-state index is 0.0617. The van der Waals surface area contributed by atoms with E-state index in [1.165, 1.54) is 0 Å². The lowest BCUT2D eigenvalue weighted by molar-refractivity contribution is -0.123. The van der Waals surface area contributed by atoms with E-state index in [9.17, 15) is 9.59 Å². The first-order valence-electron chi connectivity index (χ1n) is 7.28. The minimum atomic E-state index is 0.0617. The van der Waals surface area contributed by atoms with E-state index in [4.69, 9.17) is 4.74 Å². The van der Waals surface area contributed by atoms with Crippen LogP contribution < -0.4 is 5.32 Å². The van der Waals surface area contributed by atoms with E-state index in [1.54, 1.807) is 0 Å². The maximum atomic E-state index is 11.5. The number of carbonyl (C=O) groups excluding carboxylic acids is 2. The maximum absolute atomic E-state index is 11.5. The van der Waals surface area contributed by atoms with Crippen LogP contribution in [0.5, 0.6) is 0 Å². The molecular formula is C15H29NO3. The summed E-state index contributed by atoms with van der Waals surface area (Å²) in [5.74, 6) is 1.27. The number of ether oxygens (including phenoxy) is 1. The summed E-state index contributed by atoms with van der Waals surface area (Å²) in [5.41, 5.74) is 0. The number of rotatable bonds is 11. The van der Waals surface area contributed by atoms with Crippen molar-refractivity contribution in [1.82, 2.24) is 5.32 Å². The van der Waals surface area contributed by atoms with Crippen molar-refractivity contribution in [1.29, 1.82) is 0 Å². The van der Waals surface area contributed by atoms with Gasteiger partial charge in [-0.1, -0.05) is 27.7 Å². The second-order valence-corrected chi connectivity index (χ2v) is 5.78. The van der Waals surface area contributed by atoms with E-state index >= 15 is 0 Å². The molecule has 0 saturated heterocycles. The topological polar surface area (TPSA) is 55.4 Å². The van der Waals surface area contributed by atoms with Crippen LogP contribution in [-0.4, -0.2) is 31.4 Å². The van der Waals surface area contributed by atoms with Crippen LogP contribution in [0, 0.1) is 11.8 Å². The molecule has 0 aromatic heterocycles. The Labute approximate surface area is 117 Å². The fourth-order valence-electron chi connectivity index (χ4n) is 1.57. The molecule has 0 heterocycles. The van der Waals surface area contributed by atoms with Gasteiger partial charge >= 0.3 is 0 Å². The molecule has 1 amide bonds. The summed E-state index contributed by atoms with van der Waals surface area (Å²) >= 11 is 0. The van der Waals surface area contributed by atoms with Crippen LogP contribution in [0.3, 0.4) is 0 Å².